The van der Waals surface area contributed by atoms with E-state index >= 15 is 0 Å². The highest BCUT2D eigenvalue weighted by Gasteiger charge is 2.26. The quantitative estimate of drug-likeness (QED) is 0.817. The highest BCUT2D eigenvalue weighted by atomic mass is 16.5. The number of aryl methyl sites for hydroxylation is 1. The number of nitrogens with zero attached hydrogens (tertiary/aromatic N) is 4. The summed E-state index contributed by atoms with van der Waals surface area (Å²) in [6, 6.07) is 0. The van der Waals surface area contributed by atoms with Crippen molar-refractivity contribution in [1.29, 1.82) is 0 Å². The molecular weight excluding hydrogens is 256 g/mol. The first-order chi connectivity index (χ1) is 9.49. The van der Waals surface area contributed by atoms with Crippen molar-refractivity contribution in [2.75, 3.05) is 13.2 Å². The molecule has 1 aromatic heterocycles. The Morgan fingerprint density at radius 3 is 2.75 bits per heavy atom. The fourth-order valence-corrected chi connectivity index (χ4v) is 2.30. The van der Waals surface area contributed by atoms with Gasteiger partial charge in [0, 0.05) is 19.7 Å². The molecule has 6 heteroatoms. The smallest absolute Gasteiger partial charge is 0.251 e. The van der Waals surface area contributed by atoms with E-state index in [9.17, 15) is 4.79 Å². The van der Waals surface area contributed by atoms with Gasteiger partial charge in [-0.25, -0.2) is 0 Å². The van der Waals surface area contributed by atoms with Crippen molar-refractivity contribution in [2.24, 2.45) is 5.92 Å². The molecule has 1 aliphatic rings. The summed E-state index contributed by atoms with van der Waals surface area (Å²) in [7, 11) is 0. The van der Waals surface area contributed by atoms with Crippen LogP contribution in [0, 0.1) is 12.8 Å². The van der Waals surface area contributed by atoms with E-state index in [1.165, 1.54) is 0 Å². The van der Waals surface area contributed by atoms with Crippen LogP contribution in [0.5, 0.6) is 0 Å². The van der Waals surface area contributed by atoms with Crippen LogP contribution in [0.15, 0.2) is 0 Å². The maximum absolute atomic E-state index is 12.3. The normalized spacial score (nSPS) is 16.4. The van der Waals surface area contributed by atoms with Crippen LogP contribution in [0.1, 0.15) is 38.8 Å². The van der Waals surface area contributed by atoms with E-state index in [1.807, 2.05) is 18.7 Å². The first-order valence-electron chi connectivity index (χ1n) is 7.28. The van der Waals surface area contributed by atoms with Gasteiger partial charge in [-0.3, -0.25) is 4.79 Å². The van der Waals surface area contributed by atoms with Crippen LogP contribution < -0.4 is 0 Å². The highest BCUT2D eigenvalue weighted by Crippen LogP contribution is 2.14. The van der Waals surface area contributed by atoms with Gasteiger partial charge in [0.2, 0.25) is 0 Å². The molecule has 0 unspecified atom stereocenters. The van der Waals surface area contributed by atoms with Crippen LogP contribution in [0.3, 0.4) is 0 Å². The Morgan fingerprint density at radius 2 is 2.05 bits per heavy atom. The zero-order chi connectivity index (χ0) is 14.7. The van der Waals surface area contributed by atoms with Crippen LogP contribution in [-0.4, -0.2) is 44.8 Å². The van der Waals surface area contributed by atoms with Gasteiger partial charge in [0.1, 0.15) is 11.9 Å². The fourth-order valence-electron chi connectivity index (χ4n) is 2.30. The summed E-state index contributed by atoms with van der Waals surface area (Å²) >= 11 is 0. The number of hydrogen-bond donors (Lipinski definition) is 0. The van der Waals surface area contributed by atoms with Crippen molar-refractivity contribution in [3.8, 4) is 0 Å². The van der Waals surface area contributed by atoms with Gasteiger partial charge in [-0.2, -0.15) is 0 Å². The van der Waals surface area contributed by atoms with E-state index < -0.39 is 0 Å². The third-order valence-corrected chi connectivity index (χ3v) is 3.66. The second-order valence-electron chi connectivity index (χ2n) is 5.77. The lowest BCUT2D eigenvalue weighted by Gasteiger charge is -2.29. The van der Waals surface area contributed by atoms with Gasteiger partial charge in [-0.05, 0) is 26.2 Å². The molecule has 0 aromatic carbocycles. The third kappa shape index (κ3) is 3.36. The lowest BCUT2D eigenvalue weighted by molar-refractivity contribution is -0.144. The Labute approximate surface area is 120 Å². The van der Waals surface area contributed by atoms with E-state index in [4.69, 9.17) is 4.74 Å². The molecule has 0 aliphatic carbocycles. The molecule has 1 atom stereocenters. The van der Waals surface area contributed by atoms with Crippen molar-refractivity contribution >= 4 is 5.91 Å². The molecule has 20 heavy (non-hydrogen) atoms. The first-order valence-corrected chi connectivity index (χ1v) is 7.28. The molecule has 0 N–H and O–H groups in total. The van der Waals surface area contributed by atoms with Crippen molar-refractivity contribution < 1.29 is 9.53 Å². The number of rotatable bonds is 5. The summed E-state index contributed by atoms with van der Waals surface area (Å²) in [5, 5.41) is 8.16. The fraction of sp³-hybridized carbons (Fsp3) is 0.786. The largest absolute Gasteiger partial charge is 0.369 e. The molecule has 0 saturated carbocycles. The van der Waals surface area contributed by atoms with Gasteiger partial charge >= 0.3 is 0 Å². The monoisotopic (exact) mass is 280 g/mol. The minimum Gasteiger partial charge on any atom is -0.369 e. The van der Waals surface area contributed by atoms with Crippen molar-refractivity contribution in [3.63, 3.8) is 0 Å². The molecular formula is C14H24N4O2. The molecule has 1 aromatic rings. The van der Waals surface area contributed by atoms with Gasteiger partial charge in [0.15, 0.2) is 5.82 Å². The average molecular weight is 280 g/mol. The summed E-state index contributed by atoms with van der Waals surface area (Å²) in [6.07, 6.45) is 0.592. The second-order valence-corrected chi connectivity index (χ2v) is 5.77. The van der Waals surface area contributed by atoms with Gasteiger partial charge in [0.05, 0.1) is 6.54 Å². The minimum absolute atomic E-state index is 0.0423. The van der Waals surface area contributed by atoms with Crippen LogP contribution in [-0.2, 0) is 22.6 Å². The van der Waals surface area contributed by atoms with Gasteiger partial charge in [-0.15, -0.1) is 10.2 Å². The molecule has 2 rings (SSSR count). The first kappa shape index (κ1) is 15.0. The number of aromatic nitrogens is 3. The topological polar surface area (TPSA) is 60.2 Å². The van der Waals surface area contributed by atoms with Crippen LogP contribution in [0.25, 0.3) is 0 Å². The zero-order valence-corrected chi connectivity index (χ0v) is 12.8. The number of fused-ring (bicyclic) bond motifs is 1. The van der Waals surface area contributed by atoms with Gasteiger partial charge < -0.3 is 14.2 Å². The van der Waals surface area contributed by atoms with Crippen LogP contribution >= 0.6 is 0 Å². The van der Waals surface area contributed by atoms with Crippen molar-refractivity contribution in [1.82, 2.24) is 19.7 Å². The molecule has 1 aliphatic heterocycles. The SMILES string of the molecule is Cc1nnc2n1CCN(C(=O)[C@H](C)OCCC(C)C)C2. The number of carbonyl (C=O) groups is 1. The molecule has 112 valence electrons. The predicted molar refractivity (Wildman–Crippen MR) is 75.0 cm³/mol. The highest BCUT2D eigenvalue weighted by molar-refractivity contribution is 5.80. The molecule has 2 heterocycles. The Hall–Kier alpha value is -1.43. The van der Waals surface area contributed by atoms with E-state index in [-0.39, 0.29) is 12.0 Å². The average Bonchev–Trinajstić information content (AvgIpc) is 2.78. The maximum Gasteiger partial charge on any atom is 0.251 e. The van der Waals surface area contributed by atoms with E-state index in [0.717, 1.165) is 24.6 Å². The lowest BCUT2D eigenvalue weighted by atomic mass is 10.1. The summed E-state index contributed by atoms with van der Waals surface area (Å²) in [5.74, 6) is 2.40. The number of ether oxygens (including phenoxy) is 1. The van der Waals surface area contributed by atoms with E-state index in [1.54, 1.807) is 0 Å². The Kier molecular flexibility index (Phi) is 4.75. The van der Waals surface area contributed by atoms with Gasteiger partial charge in [0.25, 0.3) is 5.91 Å². The lowest BCUT2D eigenvalue weighted by Crippen LogP contribution is -2.43. The molecule has 0 radical (unpaired) electrons. The molecule has 0 saturated heterocycles. The molecule has 1 amide bonds. The van der Waals surface area contributed by atoms with E-state index in [2.05, 4.69) is 28.6 Å². The number of carbonyl (C=O) groups excluding carboxylic acids is 1. The maximum atomic E-state index is 12.3. The summed E-state index contributed by atoms with van der Waals surface area (Å²) in [6.45, 7) is 10.7. The Morgan fingerprint density at radius 1 is 1.30 bits per heavy atom. The number of amides is 1. The molecule has 0 bridgehead atoms. The van der Waals surface area contributed by atoms with Crippen molar-refractivity contribution in [2.45, 2.75) is 53.3 Å². The van der Waals surface area contributed by atoms with Crippen LogP contribution in [0.4, 0.5) is 0 Å². The summed E-state index contributed by atoms with van der Waals surface area (Å²) in [5.41, 5.74) is 0. The number of hydrogen-bond acceptors (Lipinski definition) is 4. The van der Waals surface area contributed by atoms with Gasteiger partial charge in [-0.1, -0.05) is 13.8 Å². The molecule has 6 nitrogen and oxygen atoms in total. The van der Waals surface area contributed by atoms with Crippen LogP contribution in [0.2, 0.25) is 0 Å². The van der Waals surface area contributed by atoms with Crippen molar-refractivity contribution in [3.05, 3.63) is 11.6 Å². The summed E-state index contributed by atoms with van der Waals surface area (Å²) < 4.78 is 7.69. The molecule has 0 fully saturated rings. The molecule has 0 spiro atoms. The second kappa shape index (κ2) is 6.35. The Bertz CT molecular complexity index is 470. The summed E-state index contributed by atoms with van der Waals surface area (Å²) in [4.78, 5) is 14.1. The predicted octanol–water partition coefficient (Wildman–Crippen LogP) is 1.38. The zero-order valence-electron chi connectivity index (χ0n) is 12.8. The third-order valence-electron chi connectivity index (χ3n) is 3.66. The van der Waals surface area contributed by atoms with E-state index in [0.29, 0.717) is 25.6 Å². The minimum atomic E-state index is -0.385. The standard InChI is InChI=1S/C14H24N4O2/c1-10(2)5-8-20-11(3)14(19)17-6-7-18-12(4)15-16-13(18)9-17/h10-11H,5-9H2,1-4H3/t11-/m0/s1. The Balaban J connectivity index is 1.87.